The minimum atomic E-state index is -0.302. The van der Waals surface area contributed by atoms with Crippen molar-refractivity contribution < 1.29 is 4.39 Å². The Balaban J connectivity index is 1.88. The molecule has 1 saturated heterocycles. The molecule has 0 radical (unpaired) electrons. The lowest BCUT2D eigenvalue weighted by Gasteiger charge is -2.37. The fourth-order valence-electron chi connectivity index (χ4n) is 3.11. The molecule has 0 aromatic carbocycles. The van der Waals surface area contributed by atoms with E-state index in [0.29, 0.717) is 22.7 Å². The summed E-state index contributed by atoms with van der Waals surface area (Å²) in [5.41, 5.74) is 6.70. The number of anilines is 1. The van der Waals surface area contributed by atoms with Gasteiger partial charge in [0.2, 0.25) is 0 Å². The molecule has 3 atom stereocenters. The van der Waals surface area contributed by atoms with E-state index in [9.17, 15) is 4.39 Å². The lowest BCUT2D eigenvalue weighted by molar-refractivity contribution is 0.354. The number of hydrogen-bond acceptors (Lipinski definition) is 3. The van der Waals surface area contributed by atoms with E-state index in [1.165, 1.54) is 6.20 Å². The van der Waals surface area contributed by atoms with Gasteiger partial charge in [-0.15, -0.1) is 0 Å². The molecule has 5 heteroatoms. The molecule has 2 bridgehead atoms. The van der Waals surface area contributed by atoms with Crippen molar-refractivity contribution >= 4 is 17.3 Å². The van der Waals surface area contributed by atoms with Crippen LogP contribution >= 0.6 is 11.6 Å². The maximum absolute atomic E-state index is 13.7. The molecule has 3 rings (SSSR count). The van der Waals surface area contributed by atoms with Gasteiger partial charge in [-0.25, -0.2) is 9.37 Å². The second kappa shape index (κ2) is 4.10. The number of nitrogens with two attached hydrogens (primary N) is 1. The van der Waals surface area contributed by atoms with Crippen LogP contribution in [0.1, 0.15) is 12.8 Å². The number of halogens is 2. The fourth-order valence-corrected chi connectivity index (χ4v) is 3.26. The quantitative estimate of drug-likeness (QED) is 0.781. The van der Waals surface area contributed by atoms with Crippen molar-refractivity contribution in [1.82, 2.24) is 4.98 Å². The van der Waals surface area contributed by atoms with E-state index in [4.69, 9.17) is 17.3 Å². The third-order valence-electron chi connectivity index (χ3n) is 4.05. The number of aromatic nitrogens is 1. The Labute approximate surface area is 105 Å². The number of piperidine rings is 1. The summed E-state index contributed by atoms with van der Waals surface area (Å²) in [6.07, 6.45) is 3.50. The predicted octanol–water partition coefficient (Wildman–Crippen LogP) is 2.05. The first-order valence-corrected chi connectivity index (χ1v) is 6.34. The first-order chi connectivity index (χ1) is 8.15. The summed E-state index contributed by atoms with van der Waals surface area (Å²) in [5, 5.41) is 0.337. The van der Waals surface area contributed by atoms with E-state index < -0.39 is 0 Å². The van der Waals surface area contributed by atoms with Crippen LogP contribution in [-0.4, -0.2) is 24.1 Å². The summed E-state index contributed by atoms with van der Waals surface area (Å²) in [7, 11) is 0. The van der Waals surface area contributed by atoms with Gasteiger partial charge in [-0.1, -0.05) is 11.6 Å². The lowest BCUT2D eigenvalue weighted by atomic mass is 9.93. The monoisotopic (exact) mass is 255 g/mol. The molecule has 1 saturated carbocycles. The lowest BCUT2D eigenvalue weighted by Crippen LogP contribution is -2.49. The molecule has 3 nitrogen and oxygen atoms in total. The minimum absolute atomic E-state index is 0.284. The molecule has 0 spiro atoms. The largest absolute Gasteiger partial charge is 0.368 e. The van der Waals surface area contributed by atoms with E-state index in [0.717, 1.165) is 25.9 Å². The Morgan fingerprint density at radius 3 is 2.65 bits per heavy atom. The molecule has 0 amide bonds. The zero-order valence-corrected chi connectivity index (χ0v) is 10.2. The molecule has 1 aliphatic heterocycles. The van der Waals surface area contributed by atoms with Gasteiger partial charge in [0.25, 0.3) is 0 Å². The van der Waals surface area contributed by atoms with Gasteiger partial charge in [0, 0.05) is 25.2 Å². The van der Waals surface area contributed by atoms with Crippen LogP contribution in [0, 0.1) is 17.7 Å². The molecule has 2 aliphatic rings. The van der Waals surface area contributed by atoms with Crippen LogP contribution in [0.3, 0.4) is 0 Å². The van der Waals surface area contributed by atoms with Crippen molar-refractivity contribution in [3.05, 3.63) is 23.2 Å². The van der Waals surface area contributed by atoms with Crippen LogP contribution in [0.25, 0.3) is 0 Å². The van der Waals surface area contributed by atoms with Gasteiger partial charge < -0.3 is 10.6 Å². The molecule has 2 fully saturated rings. The highest BCUT2D eigenvalue weighted by molar-refractivity contribution is 6.29. The summed E-state index contributed by atoms with van der Waals surface area (Å²) in [6.45, 7) is 1.66. The number of rotatable bonds is 1. The number of nitrogens with zero attached hydrogens (tertiary/aromatic N) is 2. The SMILES string of the molecule is NC1[C@@H]2CC[C@H]1CN(c1cc(Cl)ncc1F)C2. The average molecular weight is 256 g/mol. The van der Waals surface area contributed by atoms with E-state index >= 15 is 0 Å². The van der Waals surface area contributed by atoms with Gasteiger partial charge in [-0.3, -0.25) is 0 Å². The van der Waals surface area contributed by atoms with Crippen LogP contribution in [-0.2, 0) is 0 Å². The smallest absolute Gasteiger partial charge is 0.164 e. The Bertz CT molecular complexity index is 426. The molecular weight excluding hydrogens is 241 g/mol. The van der Waals surface area contributed by atoms with E-state index in [2.05, 4.69) is 9.88 Å². The normalized spacial score (nSPS) is 31.9. The molecule has 17 heavy (non-hydrogen) atoms. The average Bonchev–Trinajstić information content (AvgIpc) is 2.55. The van der Waals surface area contributed by atoms with Crippen molar-refractivity contribution in [3.8, 4) is 0 Å². The molecule has 2 N–H and O–H groups in total. The third kappa shape index (κ3) is 1.89. The van der Waals surface area contributed by atoms with E-state index in [1.54, 1.807) is 6.07 Å². The molecule has 1 aromatic heterocycles. The second-order valence-electron chi connectivity index (χ2n) is 5.04. The van der Waals surface area contributed by atoms with Crippen LogP contribution in [0.5, 0.6) is 0 Å². The minimum Gasteiger partial charge on any atom is -0.368 e. The van der Waals surface area contributed by atoms with E-state index in [-0.39, 0.29) is 11.9 Å². The van der Waals surface area contributed by atoms with Gasteiger partial charge >= 0.3 is 0 Å². The first kappa shape index (κ1) is 11.2. The maximum Gasteiger partial charge on any atom is 0.164 e. The van der Waals surface area contributed by atoms with Crippen LogP contribution < -0.4 is 10.6 Å². The summed E-state index contributed by atoms with van der Waals surface area (Å²) in [5.74, 6) is 0.671. The van der Waals surface area contributed by atoms with Crippen molar-refractivity contribution in [2.24, 2.45) is 17.6 Å². The number of hydrogen-bond donors (Lipinski definition) is 1. The predicted molar refractivity (Wildman–Crippen MR) is 65.6 cm³/mol. The van der Waals surface area contributed by atoms with Gasteiger partial charge in [0.15, 0.2) is 5.82 Å². The van der Waals surface area contributed by atoms with Crippen molar-refractivity contribution in [2.45, 2.75) is 18.9 Å². The van der Waals surface area contributed by atoms with Gasteiger partial charge in [0.1, 0.15) is 5.15 Å². The standard InChI is InChI=1S/C12H15ClFN3/c13-11-3-10(9(14)4-16-11)17-5-7-1-2-8(6-17)12(7)15/h3-4,7-8,12H,1-2,5-6,15H2/t7-,8+,12?. The van der Waals surface area contributed by atoms with Crippen molar-refractivity contribution in [2.75, 3.05) is 18.0 Å². The Morgan fingerprint density at radius 2 is 2.00 bits per heavy atom. The molecule has 1 unspecified atom stereocenters. The van der Waals surface area contributed by atoms with Crippen molar-refractivity contribution in [1.29, 1.82) is 0 Å². The zero-order chi connectivity index (χ0) is 12.0. The van der Waals surface area contributed by atoms with Gasteiger partial charge in [-0.05, 0) is 24.7 Å². The van der Waals surface area contributed by atoms with Gasteiger partial charge in [-0.2, -0.15) is 0 Å². The topological polar surface area (TPSA) is 42.1 Å². The highest BCUT2D eigenvalue weighted by Gasteiger charge is 2.40. The van der Waals surface area contributed by atoms with Crippen LogP contribution in [0.15, 0.2) is 12.3 Å². The molecule has 2 heterocycles. The summed E-state index contributed by atoms with van der Waals surface area (Å²) in [6, 6.07) is 1.89. The second-order valence-corrected chi connectivity index (χ2v) is 5.43. The molecule has 1 aliphatic carbocycles. The summed E-state index contributed by atoms with van der Waals surface area (Å²) >= 11 is 5.82. The van der Waals surface area contributed by atoms with E-state index in [1.807, 2.05) is 0 Å². The Hall–Kier alpha value is -0.870. The fraction of sp³-hybridized carbons (Fsp3) is 0.583. The number of fused-ring (bicyclic) bond motifs is 2. The first-order valence-electron chi connectivity index (χ1n) is 5.96. The van der Waals surface area contributed by atoms with Gasteiger partial charge in [0.05, 0.1) is 11.9 Å². The number of pyridine rings is 1. The summed E-state index contributed by atoms with van der Waals surface area (Å²) < 4.78 is 13.7. The maximum atomic E-state index is 13.7. The highest BCUT2D eigenvalue weighted by Crippen LogP contribution is 2.38. The van der Waals surface area contributed by atoms with Crippen molar-refractivity contribution in [3.63, 3.8) is 0 Å². The molecule has 92 valence electrons. The summed E-state index contributed by atoms with van der Waals surface area (Å²) in [4.78, 5) is 5.81. The van der Waals surface area contributed by atoms with Crippen LogP contribution in [0.2, 0.25) is 5.15 Å². The zero-order valence-electron chi connectivity index (χ0n) is 9.44. The highest BCUT2D eigenvalue weighted by atomic mass is 35.5. The molecule has 1 aromatic rings. The van der Waals surface area contributed by atoms with Crippen LogP contribution in [0.4, 0.5) is 10.1 Å². The Kier molecular flexibility index (Phi) is 2.71. The Morgan fingerprint density at radius 1 is 1.35 bits per heavy atom. The third-order valence-corrected chi connectivity index (χ3v) is 4.26. The molecular formula is C12H15ClFN3.